The number of hydrogen-bond acceptors (Lipinski definition) is 3. The fraction of sp³-hybridized carbons (Fsp3) is 1.00. The summed E-state index contributed by atoms with van der Waals surface area (Å²) in [7, 11) is 0. The Hall–Kier alpha value is 0.270. The molecule has 0 amide bonds. The molecule has 2 aliphatic rings. The molecule has 2 atom stereocenters. The molecule has 1 N–H and O–H groups in total. The molecule has 2 rings (SSSR count). The van der Waals surface area contributed by atoms with E-state index in [9.17, 15) is 0 Å². The molecule has 2 nitrogen and oxygen atoms in total. The first kappa shape index (κ1) is 11.7. The van der Waals surface area contributed by atoms with Crippen molar-refractivity contribution in [2.45, 2.75) is 50.7 Å². The Bertz CT molecular complexity index is 147. The van der Waals surface area contributed by atoms with Gasteiger partial charge in [0.15, 0.2) is 0 Å². The first-order valence-electron chi connectivity index (χ1n) is 6.38. The van der Waals surface area contributed by atoms with Crippen LogP contribution >= 0.6 is 11.8 Å². The number of ether oxygens (including phenoxy) is 1. The van der Waals surface area contributed by atoms with Gasteiger partial charge in [0, 0.05) is 18.4 Å². The first-order valence-corrected chi connectivity index (χ1v) is 7.53. The third-order valence-electron chi connectivity index (χ3n) is 3.33. The molecular weight excluding hydrogens is 206 g/mol. The van der Waals surface area contributed by atoms with Crippen LogP contribution in [-0.4, -0.2) is 36.8 Å². The second kappa shape index (κ2) is 6.77. The molecule has 3 heteroatoms. The van der Waals surface area contributed by atoms with Crippen molar-refractivity contribution >= 4 is 11.8 Å². The number of rotatable bonds is 4. The molecule has 2 unspecified atom stereocenters. The Kier molecular flexibility index (Phi) is 5.30. The molecule has 2 fully saturated rings. The van der Waals surface area contributed by atoms with Crippen LogP contribution in [0.1, 0.15) is 38.5 Å². The zero-order chi connectivity index (χ0) is 10.3. The number of thioether (sulfide) groups is 1. The van der Waals surface area contributed by atoms with Crippen LogP contribution in [-0.2, 0) is 4.74 Å². The fourth-order valence-electron chi connectivity index (χ4n) is 2.39. The van der Waals surface area contributed by atoms with Crippen molar-refractivity contribution in [1.29, 1.82) is 0 Å². The molecule has 0 spiro atoms. The molecule has 15 heavy (non-hydrogen) atoms. The molecule has 2 heterocycles. The topological polar surface area (TPSA) is 21.3 Å². The lowest BCUT2D eigenvalue weighted by Crippen LogP contribution is -2.36. The van der Waals surface area contributed by atoms with E-state index in [2.05, 4.69) is 17.1 Å². The van der Waals surface area contributed by atoms with Crippen LogP contribution in [0.2, 0.25) is 0 Å². The third kappa shape index (κ3) is 4.33. The standard InChI is InChI=1S/C12H23NOS/c1-2-8-14-12(5-1)6-7-13-11-4-3-9-15-10-11/h11-13H,1-10H2. The zero-order valence-electron chi connectivity index (χ0n) is 9.54. The van der Waals surface area contributed by atoms with Crippen LogP contribution in [0.3, 0.4) is 0 Å². The monoisotopic (exact) mass is 229 g/mol. The maximum absolute atomic E-state index is 5.72. The van der Waals surface area contributed by atoms with E-state index in [0.29, 0.717) is 6.10 Å². The second-order valence-corrected chi connectivity index (χ2v) is 5.80. The van der Waals surface area contributed by atoms with E-state index in [0.717, 1.165) is 19.2 Å². The second-order valence-electron chi connectivity index (χ2n) is 4.65. The van der Waals surface area contributed by atoms with E-state index in [-0.39, 0.29) is 0 Å². The SMILES string of the molecule is C1CCC(CCNC2CCCSC2)OC1. The van der Waals surface area contributed by atoms with Gasteiger partial charge < -0.3 is 10.1 Å². The van der Waals surface area contributed by atoms with E-state index in [1.165, 1.54) is 50.0 Å². The highest BCUT2D eigenvalue weighted by atomic mass is 32.2. The van der Waals surface area contributed by atoms with Crippen LogP contribution in [0, 0.1) is 0 Å². The van der Waals surface area contributed by atoms with E-state index < -0.39 is 0 Å². The maximum Gasteiger partial charge on any atom is 0.0587 e. The van der Waals surface area contributed by atoms with E-state index in [4.69, 9.17) is 4.74 Å². The predicted molar refractivity (Wildman–Crippen MR) is 66.6 cm³/mol. The third-order valence-corrected chi connectivity index (χ3v) is 4.55. The highest BCUT2D eigenvalue weighted by Crippen LogP contribution is 2.18. The molecule has 0 aromatic rings. The summed E-state index contributed by atoms with van der Waals surface area (Å²) in [6, 6.07) is 0.771. The molecule has 0 aromatic carbocycles. The zero-order valence-corrected chi connectivity index (χ0v) is 10.4. The van der Waals surface area contributed by atoms with E-state index >= 15 is 0 Å². The molecular formula is C12H23NOS. The molecule has 0 aliphatic carbocycles. The van der Waals surface area contributed by atoms with Gasteiger partial charge in [-0.3, -0.25) is 0 Å². The first-order chi connectivity index (χ1) is 7.45. The summed E-state index contributed by atoms with van der Waals surface area (Å²) in [5.74, 6) is 2.68. The summed E-state index contributed by atoms with van der Waals surface area (Å²) >= 11 is 2.10. The van der Waals surface area contributed by atoms with Gasteiger partial charge in [-0.15, -0.1) is 0 Å². The lowest BCUT2D eigenvalue weighted by Gasteiger charge is -2.26. The highest BCUT2D eigenvalue weighted by molar-refractivity contribution is 7.99. The van der Waals surface area contributed by atoms with Crippen molar-refractivity contribution < 1.29 is 4.74 Å². The quantitative estimate of drug-likeness (QED) is 0.800. The fourth-order valence-corrected chi connectivity index (χ4v) is 3.49. The normalized spacial score (nSPS) is 32.8. The van der Waals surface area contributed by atoms with Crippen LogP contribution < -0.4 is 5.32 Å². The summed E-state index contributed by atoms with van der Waals surface area (Å²) < 4.78 is 5.72. The van der Waals surface area contributed by atoms with Crippen LogP contribution in [0.4, 0.5) is 0 Å². The van der Waals surface area contributed by atoms with E-state index in [1.807, 2.05) is 0 Å². The largest absolute Gasteiger partial charge is 0.378 e. The Labute approximate surface area is 97.5 Å². The Morgan fingerprint density at radius 2 is 2.20 bits per heavy atom. The molecule has 88 valence electrons. The van der Waals surface area contributed by atoms with Crippen LogP contribution in [0.25, 0.3) is 0 Å². The molecule has 0 radical (unpaired) electrons. The average Bonchev–Trinajstić information content (AvgIpc) is 2.32. The van der Waals surface area contributed by atoms with Gasteiger partial charge in [0.1, 0.15) is 0 Å². The van der Waals surface area contributed by atoms with Gasteiger partial charge in [-0.1, -0.05) is 0 Å². The van der Waals surface area contributed by atoms with Gasteiger partial charge >= 0.3 is 0 Å². The number of nitrogens with one attached hydrogen (secondary N) is 1. The van der Waals surface area contributed by atoms with E-state index in [1.54, 1.807) is 0 Å². The van der Waals surface area contributed by atoms with Crippen molar-refractivity contribution in [3.63, 3.8) is 0 Å². The summed E-state index contributed by atoms with van der Waals surface area (Å²) in [5.41, 5.74) is 0. The smallest absolute Gasteiger partial charge is 0.0587 e. The Balaban J connectivity index is 1.53. The summed E-state index contributed by atoms with van der Waals surface area (Å²) in [4.78, 5) is 0. The lowest BCUT2D eigenvalue weighted by atomic mass is 10.1. The molecule has 2 saturated heterocycles. The van der Waals surface area contributed by atoms with Crippen LogP contribution in [0.5, 0.6) is 0 Å². The van der Waals surface area contributed by atoms with Gasteiger partial charge in [-0.2, -0.15) is 11.8 Å². The van der Waals surface area contributed by atoms with Gasteiger partial charge in [-0.25, -0.2) is 0 Å². The molecule has 0 bridgehead atoms. The molecule has 0 aromatic heterocycles. The lowest BCUT2D eigenvalue weighted by molar-refractivity contribution is 0.0112. The summed E-state index contributed by atoms with van der Waals surface area (Å²) in [5, 5.41) is 3.67. The minimum atomic E-state index is 0.544. The van der Waals surface area contributed by atoms with Crippen LogP contribution in [0.15, 0.2) is 0 Å². The van der Waals surface area contributed by atoms with Crippen molar-refractivity contribution in [3.8, 4) is 0 Å². The minimum Gasteiger partial charge on any atom is -0.378 e. The van der Waals surface area contributed by atoms with Crippen molar-refractivity contribution in [3.05, 3.63) is 0 Å². The minimum absolute atomic E-state index is 0.544. The summed E-state index contributed by atoms with van der Waals surface area (Å²) in [6.07, 6.45) is 8.43. The highest BCUT2D eigenvalue weighted by Gasteiger charge is 2.16. The van der Waals surface area contributed by atoms with Crippen molar-refractivity contribution in [1.82, 2.24) is 5.32 Å². The molecule has 2 aliphatic heterocycles. The van der Waals surface area contributed by atoms with Gasteiger partial charge in [-0.05, 0) is 50.8 Å². The van der Waals surface area contributed by atoms with Gasteiger partial charge in [0.25, 0.3) is 0 Å². The average molecular weight is 229 g/mol. The number of hydrogen-bond donors (Lipinski definition) is 1. The molecule has 0 saturated carbocycles. The van der Waals surface area contributed by atoms with Gasteiger partial charge in [0.05, 0.1) is 6.10 Å². The predicted octanol–water partition coefficient (Wildman–Crippen LogP) is 2.43. The van der Waals surface area contributed by atoms with Crippen molar-refractivity contribution in [2.24, 2.45) is 0 Å². The van der Waals surface area contributed by atoms with Gasteiger partial charge in [0.2, 0.25) is 0 Å². The van der Waals surface area contributed by atoms with Crippen molar-refractivity contribution in [2.75, 3.05) is 24.7 Å². The Morgan fingerprint density at radius 3 is 2.93 bits per heavy atom. The summed E-state index contributed by atoms with van der Waals surface area (Å²) in [6.45, 7) is 2.14. The maximum atomic E-state index is 5.72. The Morgan fingerprint density at radius 1 is 1.20 bits per heavy atom.